The van der Waals surface area contributed by atoms with Crippen molar-refractivity contribution in [2.75, 3.05) is 5.32 Å². The summed E-state index contributed by atoms with van der Waals surface area (Å²) in [5.41, 5.74) is 0.884. The Balaban J connectivity index is 1.91. The number of aryl methyl sites for hydroxylation is 1. The number of para-hydroxylation sites is 1. The van der Waals surface area contributed by atoms with E-state index in [4.69, 9.17) is 4.74 Å². The van der Waals surface area contributed by atoms with Gasteiger partial charge in [0.25, 0.3) is 0 Å². The van der Waals surface area contributed by atoms with Gasteiger partial charge in [-0.1, -0.05) is 18.2 Å². The van der Waals surface area contributed by atoms with E-state index in [2.05, 4.69) is 15.6 Å². The number of anilines is 1. The van der Waals surface area contributed by atoms with Gasteiger partial charge in [0.05, 0.1) is 28.8 Å². The van der Waals surface area contributed by atoms with Gasteiger partial charge in [-0.3, -0.25) is 0 Å². The number of fused-ring (bicyclic) bond motifs is 2. The molecule has 0 bridgehead atoms. The first kappa shape index (κ1) is 22.1. The van der Waals surface area contributed by atoms with Gasteiger partial charge >= 0.3 is 6.09 Å². The lowest BCUT2D eigenvalue weighted by Crippen LogP contribution is -2.55. The Morgan fingerprint density at radius 3 is 2.69 bits per heavy atom. The third-order valence-electron chi connectivity index (χ3n) is 5.89. The molecule has 0 spiro atoms. The van der Waals surface area contributed by atoms with Crippen molar-refractivity contribution in [2.24, 2.45) is 0 Å². The summed E-state index contributed by atoms with van der Waals surface area (Å²) >= 11 is 0. The van der Waals surface area contributed by atoms with Gasteiger partial charge in [0.2, 0.25) is 0 Å². The molecule has 2 aromatic carbocycles. The number of hydrogen-bond donors (Lipinski definition) is 4. The molecule has 2 atom stereocenters. The van der Waals surface area contributed by atoms with E-state index in [1.165, 1.54) is 6.07 Å². The Kier molecular flexibility index (Phi) is 5.36. The molecule has 170 valence electrons. The van der Waals surface area contributed by atoms with Crippen molar-refractivity contribution in [3.05, 3.63) is 53.2 Å². The Labute approximate surface area is 185 Å². The van der Waals surface area contributed by atoms with E-state index in [1.807, 2.05) is 13.0 Å². The lowest BCUT2D eigenvalue weighted by atomic mass is 9.81. The minimum Gasteiger partial charge on any atom is -0.447 e. The van der Waals surface area contributed by atoms with Gasteiger partial charge in [-0.15, -0.1) is 0 Å². The topological polar surface area (TPSA) is 86.4 Å². The number of H-pyrrole nitrogens is 1. The van der Waals surface area contributed by atoms with Gasteiger partial charge in [-0.2, -0.15) is 0 Å². The molecule has 4 rings (SSSR count). The highest BCUT2D eigenvalue weighted by Crippen LogP contribution is 2.44. The molecular formula is C24H27F2N3O3. The minimum absolute atomic E-state index is 0.0192. The number of carbonyl (C=O) groups is 1. The van der Waals surface area contributed by atoms with Crippen LogP contribution in [0.1, 0.15) is 44.9 Å². The number of rotatable bonds is 3. The predicted octanol–water partition coefficient (Wildman–Crippen LogP) is 5.16. The number of ether oxygens (including phenoxy) is 1. The van der Waals surface area contributed by atoms with Gasteiger partial charge in [0, 0.05) is 28.4 Å². The van der Waals surface area contributed by atoms with Crippen LogP contribution in [0.2, 0.25) is 0 Å². The Morgan fingerprint density at radius 1 is 1.28 bits per heavy atom. The van der Waals surface area contributed by atoms with Crippen LogP contribution in [0, 0.1) is 18.6 Å². The molecule has 2 heterocycles. The molecule has 3 aromatic rings. The zero-order chi connectivity index (χ0) is 23.4. The van der Waals surface area contributed by atoms with Crippen molar-refractivity contribution in [3.63, 3.8) is 0 Å². The molecule has 0 saturated heterocycles. The number of nitrogens with one attached hydrogen (secondary N) is 3. The molecule has 1 aliphatic heterocycles. The van der Waals surface area contributed by atoms with Gasteiger partial charge in [0.15, 0.2) is 0 Å². The number of hydrogen-bond acceptors (Lipinski definition) is 4. The lowest BCUT2D eigenvalue weighted by Gasteiger charge is -2.43. The average Bonchev–Trinajstić information content (AvgIpc) is 3.06. The number of amides is 1. The summed E-state index contributed by atoms with van der Waals surface area (Å²) in [5, 5.41) is 17.4. The number of aromatic nitrogens is 1. The Bertz CT molecular complexity index is 1200. The van der Waals surface area contributed by atoms with Crippen LogP contribution in [0.25, 0.3) is 22.0 Å². The maximum atomic E-state index is 16.0. The molecule has 1 aliphatic rings. The largest absolute Gasteiger partial charge is 0.447 e. The molecule has 32 heavy (non-hydrogen) atoms. The zero-order valence-corrected chi connectivity index (χ0v) is 18.6. The highest BCUT2D eigenvalue weighted by Gasteiger charge is 2.44. The summed E-state index contributed by atoms with van der Waals surface area (Å²) in [4.78, 5) is 15.4. The second-order valence-electron chi connectivity index (χ2n) is 9.08. The number of aliphatic hydroxyl groups excluding tert-OH is 1. The number of halogens is 2. The van der Waals surface area contributed by atoms with E-state index in [0.717, 1.165) is 10.9 Å². The highest BCUT2D eigenvalue weighted by molar-refractivity contribution is 5.96. The molecule has 4 N–H and O–H groups in total. The van der Waals surface area contributed by atoms with Crippen LogP contribution in [-0.4, -0.2) is 33.9 Å². The minimum atomic E-state index is -1.20. The number of aromatic amines is 1. The van der Waals surface area contributed by atoms with Crippen LogP contribution >= 0.6 is 0 Å². The van der Waals surface area contributed by atoms with Crippen LogP contribution in [0.15, 0.2) is 30.5 Å². The monoisotopic (exact) mass is 443 g/mol. The predicted molar refractivity (Wildman–Crippen MR) is 120 cm³/mol. The third kappa shape index (κ3) is 3.58. The average molecular weight is 443 g/mol. The molecule has 6 nitrogen and oxygen atoms in total. The molecule has 0 saturated carbocycles. The van der Waals surface area contributed by atoms with Crippen molar-refractivity contribution >= 4 is 22.7 Å². The summed E-state index contributed by atoms with van der Waals surface area (Å²) in [5.74, 6) is -1.60. The van der Waals surface area contributed by atoms with E-state index in [9.17, 15) is 9.90 Å². The Hall–Kier alpha value is -3.13. The fourth-order valence-electron chi connectivity index (χ4n) is 4.31. The van der Waals surface area contributed by atoms with Crippen molar-refractivity contribution in [1.29, 1.82) is 0 Å². The van der Waals surface area contributed by atoms with Crippen LogP contribution in [-0.2, 0) is 4.74 Å². The second-order valence-corrected chi connectivity index (χ2v) is 9.08. The quantitative estimate of drug-likeness (QED) is 0.450. The highest BCUT2D eigenvalue weighted by atomic mass is 19.1. The van der Waals surface area contributed by atoms with Crippen LogP contribution in [0.4, 0.5) is 19.3 Å². The van der Waals surface area contributed by atoms with Crippen LogP contribution < -0.4 is 10.6 Å². The SMILES string of the molecule is Cc1c[nH]c2c(-c3c(F)cc4c(c3F)C(NC(=O)OC(C)C)C(O)C(C)(C)N4)cccc12. The number of carbonyl (C=O) groups excluding carboxylic acids is 1. The lowest BCUT2D eigenvalue weighted by molar-refractivity contribution is 0.0558. The van der Waals surface area contributed by atoms with Crippen molar-refractivity contribution < 1.29 is 23.4 Å². The maximum Gasteiger partial charge on any atom is 0.407 e. The van der Waals surface area contributed by atoms with E-state index in [0.29, 0.717) is 11.1 Å². The van der Waals surface area contributed by atoms with E-state index >= 15 is 8.78 Å². The van der Waals surface area contributed by atoms with Crippen LogP contribution in [0.5, 0.6) is 0 Å². The van der Waals surface area contributed by atoms with Crippen molar-refractivity contribution in [3.8, 4) is 11.1 Å². The van der Waals surface area contributed by atoms with Gasteiger partial charge in [-0.25, -0.2) is 13.6 Å². The first-order valence-corrected chi connectivity index (χ1v) is 10.5. The normalized spacial score (nSPS) is 19.5. The zero-order valence-electron chi connectivity index (χ0n) is 18.6. The van der Waals surface area contributed by atoms with Crippen LogP contribution in [0.3, 0.4) is 0 Å². The van der Waals surface area contributed by atoms with Gasteiger partial charge in [-0.05, 0) is 46.2 Å². The first-order valence-electron chi connectivity index (χ1n) is 10.5. The molecule has 0 radical (unpaired) electrons. The first-order chi connectivity index (χ1) is 15.0. The smallest absolute Gasteiger partial charge is 0.407 e. The standard InChI is InChI=1S/C24H27F2N3O3/c1-11(2)32-23(31)28-21-18-16(29-24(4,5)22(21)30)9-15(25)17(19(18)26)14-8-6-7-13-12(3)10-27-20(13)14/h6-11,21-22,27,29-30H,1-5H3,(H,28,31). The molecule has 0 fully saturated rings. The van der Waals surface area contributed by atoms with Gasteiger partial charge < -0.3 is 25.5 Å². The summed E-state index contributed by atoms with van der Waals surface area (Å²) in [6.45, 7) is 8.65. The van der Waals surface area contributed by atoms with Gasteiger partial charge in [0.1, 0.15) is 17.7 Å². The van der Waals surface area contributed by atoms with E-state index in [-0.39, 0.29) is 16.8 Å². The van der Waals surface area contributed by atoms with Crippen molar-refractivity contribution in [2.45, 2.75) is 58.4 Å². The van der Waals surface area contributed by atoms with Crippen molar-refractivity contribution in [1.82, 2.24) is 10.3 Å². The molecular weight excluding hydrogens is 416 g/mol. The fourth-order valence-corrected chi connectivity index (χ4v) is 4.31. The number of aliphatic hydroxyl groups is 1. The number of benzene rings is 2. The second kappa shape index (κ2) is 7.78. The molecule has 0 aliphatic carbocycles. The summed E-state index contributed by atoms with van der Waals surface area (Å²) in [6, 6.07) is 5.31. The Morgan fingerprint density at radius 2 is 2.00 bits per heavy atom. The molecule has 2 unspecified atom stereocenters. The fraction of sp³-hybridized carbons (Fsp3) is 0.375. The van der Waals surface area contributed by atoms with E-state index < -0.39 is 41.5 Å². The summed E-state index contributed by atoms with van der Waals surface area (Å²) in [6.07, 6.45) is -0.613. The van der Waals surface area contributed by atoms with E-state index in [1.54, 1.807) is 46.0 Å². The molecule has 1 amide bonds. The summed E-state index contributed by atoms with van der Waals surface area (Å²) < 4.78 is 36.5. The number of alkyl carbamates (subject to hydrolysis) is 1. The maximum absolute atomic E-state index is 16.0. The third-order valence-corrected chi connectivity index (χ3v) is 5.89. The summed E-state index contributed by atoms with van der Waals surface area (Å²) in [7, 11) is 0. The molecule has 8 heteroatoms. The molecule has 1 aromatic heterocycles.